The second-order valence-electron chi connectivity index (χ2n) is 2.17. The summed E-state index contributed by atoms with van der Waals surface area (Å²) >= 11 is 16.1. The van der Waals surface area contributed by atoms with Crippen LogP contribution in [0.15, 0.2) is 6.07 Å². The van der Waals surface area contributed by atoms with Crippen molar-refractivity contribution in [2.45, 2.75) is 0 Å². The monoisotopic (exact) mass is 235 g/mol. The van der Waals surface area contributed by atoms with Gasteiger partial charge in [-0.05, 0) is 6.07 Å². The van der Waals surface area contributed by atoms with E-state index < -0.39 is 0 Å². The lowest BCUT2D eigenvalue weighted by Gasteiger charge is -2.08. The van der Waals surface area contributed by atoms with Gasteiger partial charge in [0, 0.05) is 7.05 Å². The lowest BCUT2D eigenvalue weighted by Crippen LogP contribution is -2.01. The number of nitrogens with one attached hydrogen (secondary N) is 2. The Kier molecular flexibility index (Phi) is 3.71. The Balaban J connectivity index is 3.15. The van der Waals surface area contributed by atoms with E-state index >= 15 is 0 Å². The molecule has 0 spiro atoms. The summed E-state index contributed by atoms with van der Waals surface area (Å²) in [6.45, 7) is 0. The summed E-state index contributed by atoms with van der Waals surface area (Å²) < 4.78 is 0. The number of thiocarbonyl (C=S) groups is 1. The molecule has 1 heterocycles. The van der Waals surface area contributed by atoms with Crippen molar-refractivity contribution in [1.29, 1.82) is 0 Å². The number of hydrogen-bond acceptors (Lipinski definition) is 3. The zero-order chi connectivity index (χ0) is 9.84. The van der Waals surface area contributed by atoms with E-state index in [0.717, 1.165) is 0 Å². The average Bonchev–Trinajstić information content (AvgIpc) is 2.11. The largest absolute Gasteiger partial charge is 0.371 e. The molecule has 0 saturated carbocycles. The highest BCUT2D eigenvalue weighted by atomic mass is 35.5. The van der Waals surface area contributed by atoms with Crippen molar-refractivity contribution in [3.8, 4) is 0 Å². The van der Waals surface area contributed by atoms with Crippen LogP contribution in [0.25, 0.3) is 0 Å². The fourth-order valence-electron chi connectivity index (χ4n) is 0.831. The van der Waals surface area contributed by atoms with E-state index in [2.05, 4.69) is 27.8 Å². The van der Waals surface area contributed by atoms with E-state index in [1.165, 1.54) is 5.49 Å². The van der Waals surface area contributed by atoms with Gasteiger partial charge in [0.2, 0.25) is 0 Å². The van der Waals surface area contributed by atoms with Crippen LogP contribution in [0.3, 0.4) is 0 Å². The van der Waals surface area contributed by atoms with Gasteiger partial charge < -0.3 is 10.6 Å². The zero-order valence-electron chi connectivity index (χ0n) is 6.77. The summed E-state index contributed by atoms with van der Waals surface area (Å²) in [5, 5.41) is 6.34. The molecule has 0 atom stereocenters. The lowest BCUT2D eigenvalue weighted by atomic mass is 10.4. The van der Waals surface area contributed by atoms with Crippen molar-refractivity contribution >= 4 is 52.4 Å². The third kappa shape index (κ3) is 2.43. The second-order valence-corrected chi connectivity index (χ2v) is 3.17. The first-order valence-corrected chi connectivity index (χ1v) is 4.65. The van der Waals surface area contributed by atoms with Crippen LogP contribution in [0, 0.1) is 0 Å². The third-order valence-corrected chi connectivity index (χ3v) is 2.18. The van der Waals surface area contributed by atoms with Gasteiger partial charge in [0.15, 0.2) is 5.82 Å². The minimum atomic E-state index is 0.265. The molecule has 2 N–H and O–H groups in total. The highest BCUT2D eigenvalue weighted by molar-refractivity contribution is 7.79. The van der Waals surface area contributed by atoms with Crippen molar-refractivity contribution in [2.75, 3.05) is 17.7 Å². The Morgan fingerprint density at radius 2 is 2.23 bits per heavy atom. The van der Waals surface area contributed by atoms with E-state index in [4.69, 9.17) is 23.2 Å². The maximum absolute atomic E-state index is 5.77. The second kappa shape index (κ2) is 4.60. The number of aromatic nitrogens is 1. The van der Waals surface area contributed by atoms with Crippen LogP contribution in [0.5, 0.6) is 0 Å². The predicted molar refractivity (Wildman–Crippen MR) is 61.1 cm³/mol. The molecular formula is C7H7Cl2N3S. The van der Waals surface area contributed by atoms with Crippen LogP contribution in [0.4, 0.5) is 11.5 Å². The van der Waals surface area contributed by atoms with Gasteiger partial charge in [0.1, 0.15) is 5.15 Å². The Morgan fingerprint density at radius 1 is 1.54 bits per heavy atom. The van der Waals surface area contributed by atoms with E-state index in [0.29, 0.717) is 16.5 Å². The Bertz CT molecular complexity index is 330. The number of rotatable bonds is 3. The van der Waals surface area contributed by atoms with Gasteiger partial charge in [-0.1, -0.05) is 35.4 Å². The molecule has 0 fully saturated rings. The summed E-state index contributed by atoms with van der Waals surface area (Å²) in [4.78, 5) is 4.00. The quantitative estimate of drug-likeness (QED) is 0.625. The normalized spacial score (nSPS) is 9.46. The van der Waals surface area contributed by atoms with Crippen molar-refractivity contribution in [3.63, 3.8) is 0 Å². The molecule has 13 heavy (non-hydrogen) atoms. The van der Waals surface area contributed by atoms with E-state index in [9.17, 15) is 0 Å². The topological polar surface area (TPSA) is 37.0 Å². The molecule has 0 saturated heterocycles. The molecule has 70 valence electrons. The first-order valence-electron chi connectivity index (χ1n) is 3.43. The standard InChI is InChI=1S/C7H7Cl2N3S/c1-10-7-5(11-3-13)2-4(8)6(9)12-7/h2-3H,1H3,(H,10,12)(H,11,13). The van der Waals surface area contributed by atoms with Crippen LogP contribution >= 0.6 is 35.4 Å². The minimum absolute atomic E-state index is 0.265. The van der Waals surface area contributed by atoms with Crippen LogP contribution < -0.4 is 10.6 Å². The average molecular weight is 236 g/mol. The smallest absolute Gasteiger partial charge is 0.151 e. The summed E-state index contributed by atoms with van der Waals surface area (Å²) in [6.07, 6.45) is 0. The van der Waals surface area contributed by atoms with Crippen LogP contribution in [-0.2, 0) is 0 Å². The van der Waals surface area contributed by atoms with Crippen LogP contribution in [-0.4, -0.2) is 17.5 Å². The molecule has 1 aromatic heterocycles. The summed E-state index contributed by atoms with van der Waals surface area (Å²) in [6, 6.07) is 1.66. The Hall–Kier alpha value is -0.580. The first-order chi connectivity index (χ1) is 6.19. The fourth-order valence-corrected chi connectivity index (χ4v) is 1.25. The molecule has 0 unspecified atom stereocenters. The van der Waals surface area contributed by atoms with E-state index in [1.807, 2.05) is 0 Å². The van der Waals surface area contributed by atoms with E-state index in [-0.39, 0.29) is 5.15 Å². The molecule has 0 aliphatic heterocycles. The van der Waals surface area contributed by atoms with Gasteiger partial charge >= 0.3 is 0 Å². The maximum Gasteiger partial charge on any atom is 0.151 e. The molecule has 0 aliphatic rings. The SMILES string of the molecule is CNc1nc(Cl)c(Cl)cc1NC=S. The van der Waals surface area contributed by atoms with Crippen LogP contribution in [0.2, 0.25) is 10.2 Å². The van der Waals surface area contributed by atoms with Gasteiger partial charge in [-0.3, -0.25) is 0 Å². The molecule has 0 radical (unpaired) electrons. The van der Waals surface area contributed by atoms with E-state index in [1.54, 1.807) is 13.1 Å². The third-order valence-electron chi connectivity index (χ3n) is 1.38. The first kappa shape index (κ1) is 10.5. The Labute approximate surface area is 91.4 Å². The summed E-state index contributed by atoms with van der Waals surface area (Å²) in [7, 11) is 1.74. The molecule has 0 amide bonds. The fraction of sp³-hybridized carbons (Fsp3) is 0.143. The number of halogens is 2. The number of pyridine rings is 1. The maximum atomic E-state index is 5.77. The minimum Gasteiger partial charge on any atom is -0.371 e. The highest BCUT2D eigenvalue weighted by Crippen LogP contribution is 2.28. The van der Waals surface area contributed by atoms with Gasteiger partial charge in [0.05, 0.1) is 16.2 Å². The highest BCUT2D eigenvalue weighted by Gasteiger charge is 2.06. The number of nitrogens with zero attached hydrogens (tertiary/aromatic N) is 1. The van der Waals surface area contributed by atoms with Crippen molar-refractivity contribution in [2.24, 2.45) is 0 Å². The van der Waals surface area contributed by atoms with Crippen LogP contribution in [0.1, 0.15) is 0 Å². The lowest BCUT2D eigenvalue weighted by molar-refractivity contribution is 1.29. The Morgan fingerprint density at radius 3 is 2.77 bits per heavy atom. The molecular weight excluding hydrogens is 229 g/mol. The van der Waals surface area contributed by atoms with Crippen molar-refractivity contribution in [3.05, 3.63) is 16.2 Å². The molecule has 6 heteroatoms. The molecule has 3 nitrogen and oxygen atoms in total. The number of hydrogen-bond donors (Lipinski definition) is 2. The predicted octanol–water partition coefficient (Wildman–Crippen LogP) is 2.80. The number of anilines is 2. The molecule has 0 aliphatic carbocycles. The summed E-state index contributed by atoms with van der Waals surface area (Å²) in [5.41, 5.74) is 2.08. The summed E-state index contributed by atoms with van der Waals surface area (Å²) in [5.74, 6) is 0.607. The van der Waals surface area contributed by atoms with Gasteiger partial charge in [-0.2, -0.15) is 0 Å². The van der Waals surface area contributed by atoms with Gasteiger partial charge in [-0.15, -0.1) is 0 Å². The van der Waals surface area contributed by atoms with Crippen molar-refractivity contribution in [1.82, 2.24) is 4.98 Å². The van der Waals surface area contributed by atoms with Gasteiger partial charge in [-0.25, -0.2) is 4.98 Å². The zero-order valence-corrected chi connectivity index (χ0v) is 9.09. The molecule has 0 aromatic carbocycles. The molecule has 0 bridgehead atoms. The molecule has 1 aromatic rings. The van der Waals surface area contributed by atoms with Crippen molar-refractivity contribution < 1.29 is 0 Å². The molecule has 1 rings (SSSR count). The van der Waals surface area contributed by atoms with Gasteiger partial charge in [0.25, 0.3) is 0 Å².